The van der Waals surface area contributed by atoms with Crippen LogP contribution in [0.2, 0.25) is 0 Å². The van der Waals surface area contributed by atoms with Crippen molar-refractivity contribution in [1.29, 1.82) is 0 Å². The summed E-state index contributed by atoms with van der Waals surface area (Å²) in [4.78, 5) is 23.5. The van der Waals surface area contributed by atoms with E-state index in [1.165, 1.54) is 6.33 Å². The number of anilines is 3. The molecular formula is C17H22N6O4. The Morgan fingerprint density at radius 3 is 2.52 bits per heavy atom. The minimum absolute atomic E-state index is 0.101. The second-order valence-electron chi connectivity index (χ2n) is 6.06. The number of methoxy groups -OCH3 is 1. The first-order chi connectivity index (χ1) is 13.1. The van der Waals surface area contributed by atoms with Crippen LogP contribution in [-0.4, -0.2) is 71.3 Å². The van der Waals surface area contributed by atoms with Crippen LogP contribution in [0.1, 0.15) is 0 Å². The topological polar surface area (TPSA) is 117 Å². The summed E-state index contributed by atoms with van der Waals surface area (Å²) in [5.74, 6) is 1.14. The molecule has 0 amide bonds. The minimum atomic E-state index is -0.457. The van der Waals surface area contributed by atoms with Gasteiger partial charge in [0.15, 0.2) is 0 Å². The summed E-state index contributed by atoms with van der Waals surface area (Å²) in [7, 11) is 1.57. The number of benzene rings is 1. The van der Waals surface area contributed by atoms with Gasteiger partial charge >= 0.3 is 5.69 Å². The molecule has 10 heteroatoms. The van der Waals surface area contributed by atoms with Gasteiger partial charge in [0.05, 0.1) is 18.6 Å². The average molecular weight is 374 g/mol. The van der Waals surface area contributed by atoms with Crippen LogP contribution in [0.4, 0.5) is 23.0 Å². The molecule has 2 heterocycles. The van der Waals surface area contributed by atoms with Gasteiger partial charge in [-0.3, -0.25) is 15.0 Å². The van der Waals surface area contributed by atoms with E-state index < -0.39 is 4.92 Å². The summed E-state index contributed by atoms with van der Waals surface area (Å²) in [6.07, 6.45) is 1.33. The molecule has 2 aromatic rings. The summed E-state index contributed by atoms with van der Waals surface area (Å²) >= 11 is 0. The number of nitro groups is 1. The van der Waals surface area contributed by atoms with Crippen LogP contribution >= 0.6 is 0 Å². The highest BCUT2D eigenvalue weighted by Gasteiger charge is 2.29. The molecule has 1 aliphatic rings. The van der Waals surface area contributed by atoms with E-state index in [0.717, 1.165) is 0 Å². The zero-order chi connectivity index (χ0) is 19.2. The molecule has 1 aromatic heterocycles. The van der Waals surface area contributed by atoms with E-state index in [9.17, 15) is 10.1 Å². The van der Waals surface area contributed by atoms with E-state index in [-0.39, 0.29) is 18.1 Å². The summed E-state index contributed by atoms with van der Waals surface area (Å²) < 4.78 is 5.12. The van der Waals surface area contributed by atoms with Gasteiger partial charge in [0, 0.05) is 38.4 Å². The van der Waals surface area contributed by atoms with Crippen LogP contribution in [0.5, 0.6) is 5.75 Å². The van der Waals surface area contributed by atoms with E-state index in [0.29, 0.717) is 50.0 Å². The van der Waals surface area contributed by atoms with E-state index in [4.69, 9.17) is 9.84 Å². The summed E-state index contributed by atoms with van der Waals surface area (Å²) in [5, 5.41) is 23.8. The molecule has 0 unspecified atom stereocenters. The van der Waals surface area contributed by atoms with Gasteiger partial charge in [0.2, 0.25) is 11.6 Å². The van der Waals surface area contributed by atoms with Crippen molar-refractivity contribution in [3.8, 4) is 5.75 Å². The first kappa shape index (κ1) is 18.8. The Balaban J connectivity index is 1.83. The van der Waals surface area contributed by atoms with Crippen molar-refractivity contribution in [1.82, 2.24) is 14.9 Å². The zero-order valence-electron chi connectivity index (χ0n) is 15.0. The summed E-state index contributed by atoms with van der Waals surface area (Å²) in [5.41, 5.74) is 0.514. The third kappa shape index (κ3) is 4.41. The second kappa shape index (κ2) is 8.60. The number of β-amino-alcohol motifs (C(OH)–C–C–N with tert-alkyl or cyclic N) is 1. The third-order valence-electron chi connectivity index (χ3n) is 4.43. The van der Waals surface area contributed by atoms with Gasteiger partial charge in [0.1, 0.15) is 12.1 Å². The fourth-order valence-electron chi connectivity index (χ4n) is 3.00. The molecule has 0 bridgehead atoms. The highest BCUT2D eigenvalue weighted by molar-refractivity contribution is 5.74. The van der Waals surface area contributed by atoms with E-state index in [2.05, 4.69) is 20.2 Å². The SMILES string of the molecule is COc1ccc(Nc2ncnc(N3CCN(CCO)CC3)c2[N+](=O)[O-])cc1. The lowest BCUT2D eigenvalue weighted by Gasteiger charge is -2.34. The molecule has 0 aliphatic carbocycles. The molecule has 0 radical (unpaired) electrons. The number of nitrogens with one attached hydrogen (secondary N) is 1. The molecular weight excluding hydrogens is 352 g/mol. The monoisotopic (exact) mass is 374 g/mol. The molecule has 0 saturated carbocycles. The van der Waals surface area contributed by atoms with Crippen LogP contribution in [0, 0.1) is 10.1 Å². The average Bonchev–Trinajstić information content (AvgIpc) is 2.69. The molecule has 27 heavy (non-hydrogen) atoms. The number of aliphatic hydroxyl groups excluding tert-OH is 1. The number of rotatable bonds is 7. The lowest BCUT2D eigenvalue weighted by molar-refractivity contribution is -0.383. The van der Waals surface area contributed by atoms with Gasteiger partial charge in [-0.05, 0) is 24.3 Å². The van der Waals surface area contributed by atoms with Gasteiger partial charge in [-0.2, -0.15) is 0 Å². The van der Waals surface area contributed by atoms with Crippen LogP contribution in [0.25, 0.3) is 0 Å². The Bertz CT molecular complexity index is 777. The van der Waals surface area contributed by atoms with Crippen LogP contribution < -0.4 is 15.0 Å². The van der Waals surface area contributed by atoms with Crippen LogP contribution in [0.3, 0.4) is 0 Å². The number of aromatic nitrogens is 2. The number of nitrogens with zero attached hydrogens (tertiary/aromatic N) is 5. The third-order valence-corrected chi connectivity index (χ3v) is 4.43. The lowest BCUT2D eigenvalue weighted by atomic mass is 10.2. The highest BCUT2D eigenvalue weighted by Crippen LogP contribution is 2.34. The number of hydrogen-bond donors (Lipinski definition) is 2. The zero-order valence-corrected chi connectivity index (χ0v) is 15.0. The molecule has 1 aromatic carbocycles. The van der Waals surface area contributed by atoms with Crippen molar-refractivity contribution in [3.63, 3.8) is 0 Å². The maximum absolute atomic E-state index is 11.7. The number of ether oxygens (including phenoxy) is 1. The maximum Gasteiger partial charge on any atom is 0.353 e. The van der Waals surface area contributed by atoms with Crippen LogP contribution in [-0.2, 0) is 0 Å². The number of piperazine rings is 1. The Morgan fingerprint density at radius 1 is 1.22 bits per heavy atom. The van der Waals surface area contributed by atoms with E-state index in [1.807, 2.05) is 4.90 Å². The fourth-order valence-corrected chi connectivity index (χ4v) is 3.00. The molecule has 144 valence electrons. The first-order valence-corrected chi connectivity index (χ1v) is 8.61. The lowest BCUT2D eigenvalue weighted by Crippen LogP contribution is -2.47. The first-order valence-electron chi connectivity index (χ1n) is 8.61. The highest BCUT2D eigenvalue weighted by atomic mass is 16.6. The van der Waals surface area contributed by atoms with Crippen molar-refractivity contribution >= 4 is 23.0 Å². The molecule has 3 rings (SSSR count). The van der Waals surface area contributed by atoms with Crippen LogP contribution in [0.15, 0.2) is 30.6 Å². The maximum atomic E-state index is 11.7. The summed E-state index contributed by atoms with van der Waals surface area (Å²) in [6, 6.07) is 7.04. The number of aliphatic hydroxyl groups is 1. The van der Waals surface area contributed by atoms with Gasteiger partial charge < -0.3 is 20.1 Å². The Morgan fingerprint density at radius 2 is 1.93 bits per heavy atom. The number of hydrogen-bond acceptors (Lipinski definition) is 9. The molecule has 10 nitrogen and oxygen atoms in total. The summed E-state index contributed by atoms with van der Waals surface area (Å²) in [6.45, 7) is 3.32. The van der Waals surface area contributed by atoms with E-state index in [1.54, 1.807) is 31.4 Å². The van der Waals surface area contributed by atoms with Gasteiger partial charge in [-0.15, -0.1) is 0 Å². The van der Waals surface area contributed by atoms with Crippen molar-refractivity contribution in [2.75, 3.05) is 56.7 Å². The Hall–Kier alpha value is -2.98. The van der Waals surface area contributed by atoms with Crippen molar-refractivity contribution in [3.05, 3.63) is 40.7 Å². The van der Waals surface area contributed by atoms with E-state index >= 15 is 0 Å². The fraction of sp³-hybridized carbons (Fsp3) is 0.412. The van der Waals surface area contributed by atoms with Gasteiger partial charge in [0.25, 0.3) is 0 Å². The Kier molecular flexibility index (Phi) is 5.99. The molecule has 1 fully saturated rings. The minimum Gasteiger partial charge on any atom is -0.497 e. The molecule has 2 N–H and O–H groups in total. The molecule has 1 aliphatic heterocycles. The smallest absolute Gasteiger partial charge is 0.353 e. The predicted molar refractivity (Wildman–Crippen MR) is 101 cm³/mol. The molecule has 0 atom stereocenters. The second-order valence-corrected chi connectivity index (χ2v) is 6.06. The van der Waals surface area contributed by atoms with Gasteiger partial charge in [-0.25, -0.2) is 9.97 Å². The molecule has 1 saturated heterocycles. The predicted octanol–water partition coefficient (Wildman–Crippen LogP) is 1.25. The molecule has 0 spiro atoms. The van der Waals surface area contributed by atoms with Crippen molar-refractivity contribution in [2.45, 2.75) is 0 Å². The Labute approximate surface area is 156 Å². The van der Waals surface area contributed by atoms with Gasteiger partial charge in [-0.1, -0.05) is 0 Å². The van der Waals surface area contributed by atoms with Crippen molar-refractivity contribution in [2.24, 2.45) is 0 Å². The normalized spacial score (nSPS) is 14.8. The largest absolute Gasteiger partial charge is 0.497 e. The standard InChI is InChI=1S/C17H22N6O4/c1-27-14-4-2-13(3-5-14)20-16-15(23(25)26)17(19-12-18-16)22-8-6-21(7-9-22)10-11-24/h2-5,12,24H,6-11H2,1H3,(H,18,19,20). The quantitative estimate of drug-likeness (QED) is 0.545. The van der Waals surface area contributed by atoms with Crippen molar-refractivity contribution < 1.29 is 14.8 Å².